The van der Waals surface area contributed by atoms with Gasteiger partial charge in [-0.15, -0.1) is 0 Å². The summed E-state index contributed by atoms with van der Waals surface area (Å²) in [6, 6.07) is 5.48. The molecule has 1 aliphatic carbocycles. The summed E-state index contributed by atoms with van der Waals surface area (Å²) in [6.07, 6.45) is 3.02. The Hall–Kier alpha value is -1.61. The van der Waals surface area contributed by atoms with E-state index in [2.05, 4.69) is 4.72 Å². The summed E-state index contributed by atoms with van der Waals surface area (Å²) in [6.45, 7) is 0. The van der Waals surface area contributed by atoms with Crippen molar-refractivity contribution in [1.29, 1.82) is 5.26 Å². The molecule has 6 heteroatoms. The summed E-state index contributed by atoms with van der Waals surface area (Å²) in [7, 11) is -3.53. The maximum Gasteiger partial charge on any atom is 0.235 e. The molecule has 0 radical (unpaired) electrons. The molecule has 1 N–H and O–H groups in total. The molecular weight excluding hydrogens is 255 g/mol. The van der Waals surface area contributed by atoms with Gasteiger partial charge in [-0.05, 0) is 31.0 Å². The molecule has 1 aromatic rings. The van der Waals surface area contributed by atoms with Crippen molar-refractivity contribution in [1.82, 2.24) is 0 Å². The van der Waals surface area contributed by atoms with E-state index in [1.54, 1.807) is 6.07 Å². The lowest BCUT2D eigenvalue weighted by Crippen LogP contribution is -2.25. The van der Waals surface area contributed by atoms with Crippen LogP contribution in [0.15, 0.2) is 18.2 Å². The lowest BCUT2D eigenvalue weighted by atomic mass is 10.2. The van der Waals surface area contributed by atoms with Crippen molar-refractivity contribution in [2.75, 3.05) is 4.72 Å². The van der Waals surface area contributed by atoms with Crippen LogP contribution in [-0.4, -0.2) is 13.7 Å². The zero-order chi connectivity index (χ0) is 13.2. The maximum absolute atomic E-state index is 13.6. The minimum absolute atomic E-state index is 0.0964. The Morgan fingerprint density at radius 1 is 1.33 bits per heavy atom. The molecule has 0 amide bonds. The van der Waals surface area contributed by atoms with Gasteiger partial charge in [0.1, 0.15) is 5.82 Å². The van der Waals surface area contributed by atoms with E-state index in [0.717, 1.165) is 18.9 Å². The molecule has 0 bridgehead atoms. The van der Waals surface area contributed by atoms with Crippen molar-refractivity contribution in [3.63, 3.8) is 0 Å². The van der Waals surface area contributed by atoms with Crippen LogP contribution >= 0.6 is 0 Å². The Kier molecular flexibility index (Phi) is 3.53. The maximum atomic E-state index is 13.6. The van der Waals surface area contributed by atoms with Gasteiger partial charge in [-0.3, -0.25) is 4.72 Å². The fourth-order valence-electron chi connectivity index (χ4n) is 2.10. The minimum Gasteiger partial charge on any atom is -0.280 e. The van der Waals surface area contributed by atoms with Crippen molar-refractivity contribution in [2.24, 2.45) is 0 Å². The van der Waals surface area contributed by atoms with Crippen LogP contribution in [0.5, 0.6) is 0 Å². The van der Waals surface area contributed by atoms with Gasteiger partial charge < -0.3 is 0 Å². The summed E-state index contributed by atoms with van der Waals surface area (Å²) in [5.74, 6) is -0.726. The Morgan fingerprint density at radius 3 is 2.56 bits per heavy atom. The highest BCUT2D eigenvalue weighted by Gasteiger charge is 2.29. The van der Waals surface area contributed by atoms with Crippen molar-refractivity contribution < 1.29 is 12.8 Å². The fourth-order valence-corrected chi connectivity index (χ4v) is 3.70. The van der Waals surface area contributed by atoms with Crippen molar-refractivity contribution in [2.45, 2.75) is 30.9 Å². The number of nitrogens with zero attached hydrogens (tertiary/aromatic N) is 1. The van der Waals surface area contributed by atoms with Gasteiger partial charge in [-0.1, -0.05) is 12.8 Å². The van der Waals surface area contributed by atoms with E-state index in [-0.39, 0.29) is 11.3 Å². The van der Waals surface area contributed by atoms with Gasteiger partial charge in [0.05, 0.1) is 22.6 Å². The molecule has 4 nitrogen and oxygen atoms in total. The first kappa shape index (κ1) is 12.8. The van der Waals surface area contributed by atoms with Crippen molar-refractivity contribution in [3.8, 4) is 6.07 Å². The van der Waals surface area contributed by atoms with Crippen LogP contribution < -0.4 is 4.72 Å². The zero-order valence-electron chi connectivity index (χ0n) is 9.69. The number of sulfonamides is 1. The third-order valence-electron chi connectivity index (χ3n) is 3.09. The fraction of sp³-hybridized carbons (Fsp3) is 0.417. The second-order valence-corrected chi connectivity index (χ2v) is 6.32. The third kappa shape index (κ3) is 2.62. The largest absolute Gasteiger partial charge is 0.280 e. The number of hydrogen-bond donors (Lipinski definition) is 1. The van der Waals surface area contributed by atoms with Gasteiger partial charge in [-0.25, -0.2) is 12.8 Å². The monoisotopic (exact) mass is 268 g/mol. The van der Waals surface area contributed by atoms with Crippen LogP contribution in [0.3, 0.4) is 0 Å². The Labute approximate surface area is 105 Å². The van der Waals surface area contributed by atoms with Gasteiger partial charge in [0.15, 0.2) is 0 Å². The topological polar surface area (TPSA) is 70.0 Å². The van der Waals surface area contributed by atoms with E-state index in [1.165, 1.54) is 12.1 Å². The van der Waals surface area contributed by atoms with Crippen molar-refractivity contribution >= 4 is 15.7 Å². The van der Waals surface area contributed by atoms with Crippen molar-refractivity contribution in [3.05, 3.63) is 29.6 Å². The van der Waals surface area contributed by atoms with Gasteiger partial charge in [0.25, 0.3) is 0 Å². The second-order valence-electron chi connectivity index (χ2n) is 4.36. The van der Waals surface area contributed by atoms with Crippen LogP contribution in [-0.2, 0) is 10.0 Å². The van der Waals surface area contributed by atoms with Gasteiger partial charge in [0, 0.05) is 0 Å². The van der Waals surface area contributed by atoms with E-state index in [1.807, 2.05) is 0 Å². The second kappa shape index (κ2) is 4.94. The molecule has 0 aromatic heterocycles. The average molecular weight is 268 g/mol. The molecule has 0 unspecified atom stereocenters. The highest BCUT2D eigenvalue weighted by atomic mass is 32.2. The minimum atomic E-state index is -3.53. The first-order chi connectivity index (χ1) is 8.53. The molecule has 1 fully saturated rings. The lowest BCUT2D eigenvalue weighted by molar-refractivity contribution is 0.583. The Bertz CT molecular complexity index is 587. The number of nitriles is 1. The molecule has 0 saturated heterocycles. The number of anilines is 1. The summed E-state index contributed by atoms with van der Waals surface area (Å²) < 4.78 is 39.8. The number of halogens is 1. The summed E-state index contributed by atoms with van der Waals surface area (Å²) in [5.41, 5.74) is 0.0669. The average Bonchev–Trinajstić information content (AvgIpc) is 2.86. The highest BCUT2D eigenvalue weighted by Crippen LogP contribution is 2.27. The molecule has 0 spiro atoms. The first-order valence-electron chi connectivity index (χ1n) is 5.74. The van der Waals surface area contributed by atoms with E-state index in [0.29, 0.717) is 12.8 Å². The first-order valence-corrected chi connectivity index (χ1v) is 7.29. The van der Waals surface area contributed by atoms with Crippen LogP contribution in [0.1, 0.15) is 31.2 Å². The van der Waals surface area contributed by atoms with Gasteiger partial charge in [-0.2, -0.15) is 5.26 Å². The summed E-state index contributed by atoms with van der Waals surface area (Å²) >= 11 is 0. The normalized spacial score (nSPS) is 16.4. The summed E-state index contributed by atoms with van der Waals surface area (Å²) in [4.78, 5) is 0. The molecule has 0 heterocycles. The number of benzene rings is 1. The molecule has 0 atom stereocenters. The lowest BCUT2D eigenvalue weighted by Gasteiger charge is -2.13. The predicted octanol–water partition coefficient (Wildman–Crippen LogP) is 2.38. The number of hydrogen-bond acceptors (Lipinski definition) is 3. The Balaban J connectivity index is 2.21. The quantitative estimate of drug-likeness (QED) is 0.915. The molecule has 2 rings (SSSR count). The third-order valence-corrected chi connectivity index (χ3v) is 4.94. The molecule has 1 aliphatic rings. The van der Waals surface area contributed by atoms with Crippen LogP contribution in [0, 0.1) is 17.1 Å². The van der Waals surface area contributed by atoms with Crippen LogP contribution in [0.4, 0.5) is 10.1 Å². The molecule has 0 aliphatic heterocycles. The molecule has 1 saturated carbocycles. The smallest absolute Gasteiger partial charge is 0.235 e. The summed E-state index contributed by atoms with van der Waals surface area (Å²) in [5, 5.41) is 8.17. The Morgan fingerprint density at radius 2 is 2.00 bits per heavy atom. The zero-order valence-corrected chi connectivity index (χ0v) is 10.5. The standard InChI is InChI=1S/C12H13FN2O2S/c13-11-7-9(8-14)5-6-12(11)15-18(16,17)10-3-1-2-4-10/h5-7,10,15H,1-4H2. The van der Waals surface area contributed by atoms with E-state index in [4.69, 9.17) is 5.26 Å². The SMILES string of the molecule is N#Cc1ccc(NS(=O)(=O)C2CCCC2)c(F)c1. The molecule has 96 valence electrons. The highest BCUT2D eigenvalue weighted by molar-refractivity contribution is 7.93. The molecular formula is C12H13FN2O2S. The van der Waals surface area contributed by atoms with E-state index in [9.17, 15) is 12.8 Å². The van der Waals surface area contributed by atoms with Gasteiger partial charge in [0.2, 0.25) is 10.0 Å². The van der Waals surface area contributed by atoms with E-state index < -0.39 is 21.1 Å². The predicted molar refractivity (Wildman–Crippen MR) is 65.9 cm³/mol. The van der Waals surface area contributed by atoms with E-state index >= 15 is 0 Å². The molecule has 18 heavy (non-hydrogen) atoms. The van der Waals surface area contributed by atoms with Gasteiger partial charge >= 0.3 is 0 Å². The number of rotatable bonds is 3. The van der Waals surface area contributed by atoms with Crippen LogP contribution in [0.2, 0.25) is 0 Å². The van der Waals surface area contributed by atoms with Crippen LogP contribution in [0.25, 0.3) is 0 Å². The number of nitrogens with one attached hydrogen (secondary N) is 1. The molecule has 1 aromatic carbocycles.